The lowest BCUT2D eigenvalue weighted by atomic mass is 10.1. The number of nitrogens with zero attached hydrogens (tertiary/aromatic N) is 3. The van der Waals surface area contributed by atoms with E-state index in [1.54, 1.807) is 24.5 Å². The third-order valence-corrected chi connectivity index (χ3v) is 5.30. The number of benzene rings is 2. The van der Waals surface area contributed by atoms with Gasteiger partial charge in [0.2, 0.25) is 5.95 Å². The number of carbonyl (C=O) groups is 1. The minimum absolute atomic E-state index is 0.0169. The maximum absolute atomic E-state index is 14.7. The van der Waals surface area contributed by atoms with Gasteiger partial charge in [-0.15, -0.1) is 0 Å². The fourth-order valence-electron chi connectivity index (χ4n) is 3.04. The summed E-state index contributed by atoms with van der Waals surface area (Å²) < 4.78 is 43.5. The number of rotatable bonds is 10. The zero-order valence-corrected chi connectivity index (χ0v) is 19.5. The molecule has 0 radical (unpaired) electrons. The largest absolute Gasteiger partial charge is 0.395 e. The number of aromatic nitrogens is 2. The Morgan fingerprint density at radius 2 is 1.82 bits per heavy atom. The van der Waals surface area contributed by atoms with E-state index in [1.807, 2.05) is 22.6 Å². The van der Waals surface area contributed by atoms with Gasteiger partial charge in [0.25, 0.3) is 5.91 Å². The normalized spacial score (nSPS) is 10.7. The minimum Gasteiger partial charge on any atom is -0.395 e. The van der Waals surface area contributed by atoms with Crippen LogP contribution in [0.2, 0.25) is 0 Å². The SMILES string of the molecule is O=C(c1ccc(F)c(F)c1Nc1ccc(I)cc1F)N(CCO)CCCNc1ncccn1. The van der Waals surface area contributed by atoms with E-state index < -0.39 is 29.0 Å². The fourth-order valence-corrected chi connectivity index (χ4v) is 3.50. The van der Waals surface area contributed by atoms with E-state index in [2.05, 4.69) is 20.6 Å². The number of anilines is 3. The van der Waals surface area contributed by atoms with Gasteiger partial charge in [-0.1, -0.05) is 0 Å². The highest BCUT2D eigenvalue weighted by atomic mass is 127. The summed E-state index contributed by atoms with van der Waals surface area (Å²) in [5.41, 5.74) is -0.756. The Balaban J connectivity index is 1.78. The van der Waals surface area contributed by atoms with Crippen molar-refractivity contribution in [2.24, 2.45) is 0 Å². The molecule has 0 aliphatic carbocycles. The summed E-state index contributed by atoms with van der Waals surface area (Å²) in [6.45, 7) is 0.321. The van der Waals surface area contributed by atoms with Crippen LogP contribution < -0.4 is 10.6 Å². The van der Waals surface area contributed by atoms with Crippen LogP contribution in [-0.4, -0.2) is 52.1 Å². The van der Waals surface area contributed by atoms with Gasteiger partial charge >= 0.3 is 0 Å². The van der Waals surface area contributed by atoms with Crippen molar-refractivity contribution in [1.82, 2.24) is 14.9 Å². The summed E-state index contributed by atoms with van der Waals surface area (Å²) in [4.78, 5) is 22.5. The highest BCUT2D eigenvalue weighted by Crippen LogP contribution is 2.29. The van der Waals surface area contributed by atoms with Crippen LogP contribution in [0.15, 0.2) is 48.8 Å². The van der Waals surface area contributed by atoms with Crippen LogP contribution in [0.5, 0.6) is 0 Å². The van der Waals surface area contributed by atoms with Gasteiger partial charge in [-0.3, -0.25) is 4.79 Å². The van der Waals surface area contributed by atoms with Crippen LogP contribution in [0.25, 0.3) is 0 Å². The first-order chi connectivity index (χ1) is 15.9. The zero-order valence-electron chi connectivity index (χ0n) is 17.4. The van der Waals surface area contributed by atoms with Gasteiger partial charge < -0.3 is 20.6 Å². The smallest absolute Gasteiger partial charge is 0.256 e. The molecule has 0 bridgehead atoms. The zero-order chi connectivity index (χ0) is 23.8. The van der Waals surface area contributed by atoms with Crippen LogP contribution in [0.3, 0.4) is 0 Å². The third-order valence-electron chi connectivity index (χ3n) is 4.63. The van der Waals surface area contributed by atoms with Crippen molar-refractivity contribution in [1.29, 1.82) is 0 Å². The second kappa shape index (κ2) is 11.8. The van der Waals surface area contributed by atoms with Crippen LogP contribution in [0, 0.1) is 21.0 Å². The maximum atomic E-state index is 14.7. The topological polar surface area (TPSA) is 90.4 Å². The molecule has 3 N–H and O–H groups in total. The summed E-state index contributed by atoms with van der Waals surface area (Å²) in [7, 11) is 0. The summed E-state index contributed by atoms with van der Waals surface area (Å²) in [5.74, 6) is -3.35. The average molecular weight is 571 g/mol. The minimum atomic E-state index is -1.30. The molecule has 3 rings (SSSR count). The molecule has 3 aromatic rings. The number of nitrogens with one attached hydrogen (secondary N) is 2. The number of carbonyl (C=O) groups excluding carboxylic acids is 1. The van der Waals surface area contributed by atoms with Gasteiger partial charge in [-0.05, 0) is 65.4 Å². The summed E-state index contributed by atoms with van der Waals surface area (Å²) in [6, 6.07) is 7.84. The standard InChI is InChI=1S/C22H21F3IN5O2/c23-16-5-4-15(20(19(16)25)30-18-6-3-14(26)13-17(18)24)21(33)31(11-12-32)10-2-9-29-22-27-7-1-8-28-22/h1,3-8,13,30,32H,2,9-12H2,(H,27,28,29). The molecule has 1 heterocycles. The Labute approximate surface area is 202 Å². The number of hydrogen-bond acceptors (Lipinski definition) is 6. The lowest BCUT2D eigenvalue weighted by molar-refractivity contribution is 0.0722. The molecule has 2 aromatic carbocycles. The molecule has 7 nitrogen and oxygen atoms in total. The molecule has 0 atom stereocenters. The van der Waals surface area contributed by atoms with E-state index in [1.165, 1.54) is 17.0 Å². The second-order valence-corrected chi connectivity index (χ2v) is 8.15. The van der Waals surface area contributed by atoms with Crippen LogP contribution in [0.4, 0.5) is 30.5 Å². The summed E-state index contributed by atoms with van der Waals surface area (Å²) in [5, 5.41) is 14.9. The van der Waals surface area contributed by atoms with Gasteiger partial charge in [0.15, 0.2) is 11.6 Å². The predicted molar refractivity (Wildman–Crippen MR) is 127 cm³/mol. The molecule has 11 heteroatoms. The Morgan fingerprint density at radius 3 is 2.52 bits per heavy atom. The van der Waals surface area contributed by atoms with E-state index >= 15 is 0 Å². The molecule has 0 unspecified atom stereocenters. The summed E-state index contributed by atoms with van der Waals surface area (Å²) in [6.07, 6.45) is 3.65. The first-order valence-electron chi connectivity index (χ1n) is 10.0. The molecule has 0 aliphatic heterocycles. The maximum Gasteiger partial charge on any atom is 0.256 e. The predicted octanol–water partition coefficient (Wildman–Crippen LogP) is 4.18. The van der Waals surface area contributed by atoms with Crippen LogP contribution in [0.1, 0.15) is 16.8 Å². The quantitative estimate of drug-likeness (QED) is 0.250. The first kappa shape index (κ1) is 24.7. The molecule has 174 valence electrons. The van der Waals surface area contributed by atoms with Gasteiger partial charge in [-0.25, -0.2) is 23.1 Å². The van der Waals surface area contributed by atoms with Crippen molar-refractivity contribution in [3.8, 4) is 0 Å². The highest BCUT2D eigenvalue weighted by molar-refractivity contribution is 14.1. The van der Waals surface area contributed by atoms with Gasteiger partial charge in [-0.2, -0.15) is 0 Å². The number of aliphatic hydroxyl groups excluding tert-OH is 1. The Hall–Kier alpha value is -2.93. The van der Waals surface area contributed by atoms with Gasteiger partial charge in [0.05, 0.1) is 23.5 Å². The number of halogens is 4. The van der Waals surface area contributed by atoms with E-state index in [0.29, 0.717) is 22.5 Å². The summed E-state index contributed by atoms with van der Waals surface area (Å²) >= 11 is 1.92. The molecule has 1 amide bonds. The number of amides is 1. The van der Waals surface area contributed by atoms with Crippen molar-refractivity contribution in [2.45, 2.75) is 6.42 Å². The van der Waals surface area contributed by atoms with Crippen molar-refractivity contribution in [2.75, 3.05) is 36.9 Å². The van der Waals surface area contributed by atoms with Crippen LogP contribution >= 0.6 is 22.6 Å². The van der Waals surface area contributed by atoms with Crippen molar-refractivity contribution in [3.05, 3.63) is 75.4 Å². The molecule has 0 spiro atoms. The fraction of sp³-hybridized carbons (Fsp3) is 0.227. The molecular formula is C22H21F3IN5O2. The molecule has 0 aliphatic rings. The molecule has 1 aromatic heterocycles. The molecular weight excluding hydrogens is 550 g/mol. The Kier molecular flexibility index (Phi) is 8.83. The monoisotopic (exact) mass is 571 g/mol. The van der Waals surface area contributed by atoms with Gasteiger partial charge in [0.1, 0.15) is 5.82 Å². The van der Waals surface area contributed by atoms with E-state index in [-0.39, 0.29) is 30.9 Å². The Morgan fingerprint density at radius 1 is 1.06 bits per heavy atom. The van der Waals surface area contributed by atoms with Crippen molar-refractivity contribution in [3.63, 3.8) is 0 Å². The van der Waals surface area contributed by atoms with E-state index in [4.69, 9.17) is 0 Å². The van der Waals surface area contributed by atoms with E-state index in [0.717, 1.165) is 12.1 Å². The lowest BCUT2D eigenvalue weighted by Gasteiger charge is -2.24. The third kappa shape index (κ3) is 6.54. The Bertz CT molecular complexity index is 1100. The first-order valence-corrected chi connectivity index (χ1v) is 11.1. The lowest BCUT2D eigenvalue weighted by Crippen LogP contribution is -2.35. The molecule has 0 saturated carbocycles. The average Bonchev–Trinajstić information content (AvgIpc) is 2.81. The van der Waals surface area contributed by atoms with E-state index in [9.17, 15) is 23.1 Å². The highest BCUT2D eigenvalue weighted by Gasteiger charge is 2.24. The molecule has 0 fully saturated rings. The molecule has 33 heavy (non-hydrogen) atoms. The van der Waals surface area contributed by atoms with Crippen molar-refractivity contribution >= 4 is 45.8 Å². The van der Waals surface area contributed by atoms with Crippen LogP contribution in [-0.2, 0) is 0 Å². The van der Waals surface area contributed by atoms with Crippen molar-refractivity contribution < 1.29 is 23.1 Å². The second-order valence-electron chi connectivity index (χ2n) is 6.90. The number of hydrogen-bond donors (Lipinski definition) is 3. The number of aliphatic hydroxyl groups is 1. The molecule has 0 saturated heterocycles. The van der Waals surface area contributed by atoms with Gasteiger partial charge in [0, 0.05) is 35.6 Å².